The van der Waals surface area contributed by atoms with Crippen LogP contribution in [0.2, 0.25) is 0 Å². The van der Waals surface area contributed by atoms with Gasteiger partial charge in [0.2, 0.25) is 0 Å². The Morgan fingerprint density at radius 1 is 0.328 bits per heavy atom. The topological polar surface area (TPSA) is 3.24 Å². The summed E-state index contributed by atoms with van der Waals surface area (Å²) >= 11 is 1.89. The van der Waals surface area contributed by atoms with Crippen LogP contribution >= 0.6 is 11.3 Å². The van der Waals surface area contributed by atoms with E-state index in [2.05, 4.69) is 229 Å². The second kappa shape index (κ2) is 13.2. The molecule has 1 spiro atoms. The molecule has 2 aliphatic carbocycles. The van der Waals surface area contributed by atoms with Crippen LogP contribution in [-0.2, 0) is 5.41 Å². The highest BCUT2D eigenvalue weighted by molar-refractivity contribution is 7.26. The van der Waals surface area contributed by atoms with Crippen molar-refractivity contribution in [2.24, 2.45) is 0 Å². The summed E-state index contributed by atoms with van der Waals surface area (Å²) in [6, 6.07) is 83.5. The Morgan fingerprint density at radius 3 is 1.67 bits per heavy atom. The van der Waals surface area contributed by atoms with Gasteiger partial charge in [0.15, 0.2) is 0 Å². The molecule has 0 unspecified atom stereocenters. The van der Waals surface area contributed by atoms with Gasteiger partial charge in [0.25, 0.3) is 0 Å². The predicted octanol–water partition coefficient (Wildman–Crippen LogP) is 16.4. The van der Waals surface area contributed by atoms with Gasteiger partial charge >= 0.3 is 0 Å². The second-order valence-corrected chi connectivity index (χ2v) is 17.4. The fourth-order valence-electron chi connectivity index (χ4n) is 10.8. The number of nitrogens with zero attached hydrogens (tertiary/aromatic N) is 1. The normalized spacial score (nSPS) is 13.0. The summed E-state index contributed by atoms with van der Waals surface area (Å²) in [6.45, 7) is 0. The lowest BCUT2D eigenvalue weighted by Crippen LogP contribution is -2.26. The Kier molecular flexibility index (Phi) is 7.46. The van der Waals surface area contributed by atoms with Gasteiger partial charge in [-0.15, -0.1) is 11.3 Å². The van der Waals surface area contributed by atoms with Crippen molar-refractivity contribution in [2.75, 3.05) is 4.90 Å². The Morgan fingerprint density at radius 2 is 0.869 bits per heavy atom. The first-order valence-electron chi connectivity index (χ1n) is 21.1. The van der Waals surface area contributed by atoms with Gasteiger partial charge in [-0.25, -0.2) is 0 Å². The number of benzene rings is 10. The molecule has 2 aliphatic rings. The van der Waals surface area contributed by atoms with Gasteiger partial charge in [-0.2, -0.15) is 0 Å². The third-order valence-electron chi connectivity index (χ3n) is 13.3. The molecule has 284 valence electrons. The molecule has 0 atom stereocenters. The summed E-state index contributed by atoms with van der Waals surface area (Å²) in [4.78, 5) is 2.59. The van der Waals surface area contributed by atoms with Gasteiger partial charge in [-0.3, -0.25) is 0 Å². The number of hydrogen-bond acceptors (Lipinski definition) is 2. The Hall–Kier alpha value is -7.52. The maximum Gasteiger partial charge on any atom is 0.0726 e. The monoisotopic (exact) mass is 791 g/mol. The number of rotatable bonds is 5. The van der Waals surface area contributed by atoms with Crippen molar-refractivity contribution in [3.8, 4) is 44.5 Å². The minimum atomic E-state index is -0.451. The molecule has 1 nitrogen and oxygen atoms in total. The molecule has 0 amide bonds. The maximum atomic E-state index is 2.59. The van der Waals surface area contributed by atoms with Gasteiger partial charge in [-0.05, 0) is 96.7 Å². The van der Waals surface area contributed by atoms with Gasteiger partial charge in [0.1, 0.15) is 0 Å². The van der Waals surface area contributed by atoms with Crippen molar-refractivity contribution < 1.29 is 0 Å². The van der Waals surface area contributed by atoms with E-state index in [1.165, 1.54) is 109 Å². The molecule has 2 heteroatoms. The van der Waals surface area contributed by atoms with E-state index in [1.807, 2.05) is 11.3 Å². The third-order valence-corrected chi connectivity index (χ3v) is 14.5. The van der Waals surface area contributed by atoms with E-state index in [0.717, 1.165) is 5.69 Å². The van der Waals surface area contributed by atoms with E-state index in [4.69, 9.17) is 0 Å². The lowest BCUT2D eigenvalue weighted by molar-refractivity contribution is 0.794. The van der Waals surface area contributed by atoms with E-state index in [0.29, 0.717) is 0 Å². The van der Waals surface area contributed by atoms with E-state index >= 15 is 0 Å². The van der Waals surface area contributed by atoms with Crippen LogP contribution in [0.25, 0.3) is 75.5 Å². The summed E-state index contributed by atoms with van der Waals surface area (Å²) in [6.07, 6.45) is 0. The first-order valence-corrected chi connectivity index (χ1v) is 21.9. The predicted molar refractivity (Wildman–Crippen MR) is 259 cm³/mol. The van der Waals surface area contributed by atoms with Gasteiger partial charge in [0, 0.05) is 26.6 Å². The largest absolute Gasteiger partial charge is 0.308 e. The molecule has 13 rings (SSSR count). The molecule has 0 N–H and O–H groups in total. The molecule has 1 heterocycles. The van der Waals surface area contributed by atoms with Crippen molar-refractivity contribution in [1.82, 2.24) is 0 Å². The van der Waals surface area contributed by atoms with E-state index in [9.17, 15) is 0 Å². The maximum absolute atomic E-state index is 2.59. The first kappa shape index (κ1) is 34.4. The van der Waals surface area contributed by atoms with Crippen LogP contribution in [0.1, 0.15) is 22.3 Å². The Balaban J connectivity index is 1.14. The summed E-state index contributed by atoms with van der Waals surface area (Å²) in [7, 11) is 0. The fraction of sp³-hybridized carbons (Fsp3) is 0.0169. The molecule has 0 saturated carbocycles. The minimum Gasteiger partial charge on any atom is -0.308 e. The van der Waals surface area contributed by atoms with Crippen molar-refractivity contribution >= 4 is 59.3 Å². The molecule has 11 aromatic rings. The van der Waals surface area contributed by atoms with Crippen molar-refractivity contribution in [3.63, 3.8) is 0 Å². The van der Waals surface area contributed by atoms with Crippen LogP contribution < -0.4 is 4.90 Å². The van der Waals surface area contributed by atoms with Crippen molar-refractivity contribution in [2.45, 2.75) is 5.41 Å². The lowest BCUT2D eigenvalue weighted by atomic mass is 9.70. The van der Waals surface area contributed by atoms with E-state index in [1.54, 1.807) is 0 Å². The molecule has 0 saturated heterocycles. The highest BCUT2D eigenvalue weighted by atomic mass is 32.1. The Labute approximate surface area is 359 Å². The van der Waals surface area contributed by atoms with Crippen LogP contribution in [0.3, 0.4) is 0 Å². The fourth-order valence-corrected chi connectivity index (χ4v) is 12.0. The van der Waals surface area contributed by atoms with Crippen LogP contribution in [0, 0.1) is 0 Å². The van der Waals surface area contributed by atoms with E-state index in [-0.39, 0.29) is 0 Å². The quantitative estimate of drug-likeness (QED) is 0.168. The molecular formula is C59H37NS. The average molecular weight is 792 g/mol. The van der Waals surface area contributed by atoms with E-state index < -0.39 is 5.41 Å². The van der Waals surface area contributed by atoms with Crippen molar-refractivity contribution in [1.29, 1.82) is 0 Å². The molecule has 10 aromatic carbocycles. The van der Waals surface area contributed by atoms with Crippen molar-refractivity contribution in [3.05, 3.63) is 247 Å². The molecule has 61 heavy (non-hydrogen) atoms. The highest BCUT2D eigenvalue weighted by Gasteiger charge is 2.52. The molecular weight excluding hydrogens is 755 g/mol. The Bertz CT molecular complexity index is 3510. The first-order chi connectivity index (χ1) is 30.3. The zero-order valence-electron chi connectivity index (χ0n) is 33.2. The van der Waals surface area contributed by atoms with Crippen LogP contribution in [0.5, 0.6) is 0 Å². The molecule has 0 bridgehead atoms. The van der Waals surface area contributed by atoms with Gasteiger partial charge in [-0.1, -0.05) is 194 Å². The lowest BCUT2D eigenvalue weighted by Gasteiger charge is -2.32. The van der Waals surface area contributed by atoms with Gasteiger partial charge in [0.05, 0.1) is 27.2 Å². The number of anilines is 3. The van der Waals surface area contributed by atoms with Crippen LogP contribution in [-0.4, -0.2) is 0 Å². The number of para-hydroxylation sites is 1. The standard InChI is InChI=1S/C59H37NS/c1-2-17-38(18-3-1)40-35-36-56-48(37-40)46-27-15-34-55(58(46)61-56)60(53-32-13-9-24-45(53)42-26-14-20-39-19-4-5-21-41(39)42)54-33-16-31-52-57(54)47-25-8-12-30-51(47)59(52)49-28-10-6-22-43(49)44-23-7-11-29-50(44)59/h1-37H. The number of fused-ring (bicyclic) bond motifs is 14. The summed E-state index contributed by atoms with van der Waals surface area (Å²) in [5, 5.41) is 5.03. The number of hydrogen-bond donors (Lipinski definition) is 0. The summed E-state index contributed by atoms with van der Waals surface area (Å²) in [5.74, 6) is 0. The SMILES string of the molecule is c1ccc(-c2ccc3sc4c(N(c5ccccc5-c5cccc6ccccc56)c5cccc6c5-c5ccccc5C65c6ccccc6-c6ccccc65)cccc4c3c2)cc1. The zero-order valence-corrected chi connectivity index (χ0v) is 34.0. The summed E-state index contributed by atoms with van der Waals surface area (Å²) < 4.78 is 2.55. The highest BCUT2D eigenvalue weighted by Crippen LogP contribution is 2.65. The van der Waals surface area contributed by atoms with Crippen LogP contribution in [0.15, 0.2) is 224 Å². The third kappa shape index (κ3) is 4.83. The molecule has 0 radical (unpaired) electrons. The van der Waals surface area contributed by atoms with Crippen LogP contribution in [0.4, 0.5) is 17.1 Å². The smallest absolute Gasteiger partial charge is 0.0726 e. The average Bonchev–Trinajstić information content (AvgIpc) is 3.97. The second-order valence-electron chi connectivity index (χ2n) is 16.3. The zero-order chi connectivity index (χ0) is 40.1. The molecule has 0 fully saturated rings. The minimum absolute atomic E-state index is 0.451. The number of thiophene rings is 1. The summed E-state index contributed by atoms with van der Waals surface area (Å²) in [5.41, 5.74) is 18.5. The molecule has 0 aliphatic heterocycles. The molecule has 1 aromatic heterocycles. The van der Waals surface area contributed by atoms with Gasteiger partial charge < -0.3 is 4.90 Å².